The van der Waals surface area contributed by atoms with Crippen molar-refractivity contribution in [3.05, 3.63) is 0 Å². The van der Waals surface area contributed by atoms with E-state index in [-0.39, 0.29) is 0 Å². The van der Waals surface area contributed by atoms with Crippen LogP contribution >= 0.6 is 0 Å². The zero-order valence-electron chi connectivity index (χ0n) is 11.5. The van der Waals surface area contributed by atoms with Crippen molar-refractivity contribution in [2.45, 2.75) is 64.0 Å². The summed E-state index contributed by atoms with van der Waals surface area (Å²) in [6.45, 7) is 6.99. The highest BCUT2D eigenvalue weighted by Crippen LogP contribution is 2.54. The van der Waals surface area contributed by atoms with Crippen LogP contribution in [0.4, 0.5) is 0 Å². The van der Waals surface area contributed by atoms with Gasteiger partial charge in [0.25, 0.3) is 0 Å². The molecule has 0 amide bonds. The average Bonchev–Trinajstić information content (AvgIpc) is 3.02. The summed E-state index contributed by atoms with van der Waals surface area (Å²) in [4.78, 5) is 2.85. The summed E-state index contributed by atoms with van der Waals surface area (Å²) >= 11 is 0. The van der Waals surface area contributed by atoms with Gasteiger partial charge in [-0.1, -0.05) is 20.3 Å². The summed E-state index contributed by atoms with van der Waals surface area (Å²) in [5.41, 5.74) is 6.65. The molecule has 2 nitrogen and oxygen atoms in total. The van der Waals surface area contributed by atoms with E-state index < -0.39 is 0 Å². The Kier molecular flexibility index (Phi) is 2.99. The van der Waals surface area contributed by atoms with Gasteiger partial charge in [0.15, 0.2) is 0 Å². The molecule has 0 spiro atoms. The third-order valence-electron chi connectivity index (χ3n) is 5.94. The smallest absolute Gasteiger partial charge is 0.0365 e. The van der Waals surface area contributed by atoms with Gasteiger partial charge in [-0.15, -0.1) is 0 Å². The van der Waals surface area contributed by atoms with Gasteiger partial charge in [-0.2, -0.15) is 0 Å². The number of nitrogens with two attached hydrogens (primary N) is 1. The van der Waals surface area contributed by atoms with E-state index in [4.69, 9.17) is 5.73 Å². The first-order valence-electron chi connectivity index (χ1n) is 7.64. The van der Waals surface area contributed by atoms with Crippen LogP contribution in [-0.2, 0) is 0 Å². The third-order valence-corrected chi connectivity index (χ3v) is 5.94. The van der Waals surface area contributed by atoms with Gasteiger partial charge in [-0.25, -0.2) is 0 Å². The molecule has 2 saturated carbocycles. The molecule has 0 aromatic heterocycles. The van der Waals surface area contributed by atoms with E-state index in [0.717, 1.165) is 30.3 Å². The first-order chi connectivity index (χ1) is 8.17. The molecule has 0 radical (unpaired) electrons. The molecule has 98 valence electrons. The lowest BCUT2D eigenvalue weighted by Crippen LogP contribution is -2.59. The van der Waals surface area contributed by atoms with Crippen LogP contribution < -0.4 is 5.73 Å². The molecule has 0 aromatic rings. The largest absolute Gasteiger partial charge is 0.329 e. The van der Waals surface area contributed by atoms with Gasteiger partial charge in [-0.05, 0) is 56.4 Å². The number of likely N-dealkylation sites (tertiary alicyclic amines) is 1. The lowest BCUT2D eigenvalue weighted by atomic mass is 9.78. The molecule has 2 N–H and O–H groups in total. The molecule has 2 heteroatoms. The Labute approximate surface area is 106 Å². The highest BCUT2D eigenvalue weighted by Gasteiger charge is 2.55. The molecule has 2 aliphatic carbocycles. The van der Waals surface area contributed by atoms with E-state index in [1.807, 2.05) is 0 Å². The van der Waals surface area contributed by atoms with Gasteiger partial charge in [0.1, 0.15) is 0 Å². The summed E-state index contributed by atoms with van der Waals surface area (Å²) in [6.07, 6.45) is 8.59. The minimum atomic E-state index is 0.397. The highest BCUT2D eigenvalue weighted by atomic mass is 15.3. The quantitative estimate of drug-likeness (QED) is 0.816. The average molecular weight is 236 g/mol. The topological polar surface area (TPSA) is 29.3 Å². The monoisotopic (exact) mass is 236 g/mol. The van der Waals surface area contributed by atoms with E-state index in [9.17, 15) is 0 Å². The van der Waals surface area contributed by atoms with Gasteiger partial charge in [0.05, 0.1) is 0 Å². The number of rotatable bonds is 3. The van der Waals surface area contributed by atoms with Crippen molar-refractivity contribution in [3.63, 3.8) is 0 Å². The summed E-state index contributed by atoms with van der Waals surface area (Å²) in [7, 11) is 0. The van der Waals surface area contributed by atoms with E-state index >= 15 is 0 Å². The maximum Gasteiger partial charge on any atom is 0.0365 e. The molecule has 3 aliphatic rings. The summed E-state index contributed by atoms with van der Waals surface area (Å²) in [5.74, 6) is 2.70. The predicted octanol–water partition coefficient (Wildman–Crippen LogP) is 2.62. The molecule has 0 aromatic carbocycles. The maximum absolute atomic E-state index is 6.26. The summed E-state index contributed by atoms with van der Waals surface area (Å²) in [6, 6.07) is 0.804. The molecule has 1 aliphatic heterocycles. The van der Waals surface area contributed by atoms with Gasteiger partial charge in [0.2, 0.25) is 0 Å². The second-order valence-corrected chi connectivity index (χ2v) is 7.03. The van der Waals surface area contributed by atoms with E-state index in [1.165, 1.54) is 45.1 Å². The fraction of sp³-hybridized carbons (Fsp3) is 1.00. The van der Waals surface area contributed by atoms with Crippen molar-refractivity contribution in [2.24, 2.45) is 23.5 Å². The lowest BCUT2D eigenvalue weighted by Gasteiger charge is -2.48. The second-order valence-electron chi connectivity index (χ2n) is 7.03. The molecule has 1 saturated heterocycles. The Morgan fingerprint density at radius 3 is 2.65 bits per heavy atom. The van der Waals surface area contributed by atoms with E-state index in [1.54, 1.807) is 0 Å². The number of hydrogen-bond acceptors (Lipinski definition) is 2. The molecule has 17 heavy (non-hydrogen) atoms. The van der Waals surface area contributed by atoms with Gasteiger partial charge >= 0.3 is 0 Å². The standard InChI is InChI=1S/C15H28N2/c1-11(2)14-4-3-7-17(14)15(10-16)9-12-5-6-13(15)8-12/h11-14H,3-10,16H2,1-2H3. The zero-order valence-corrected chi connectivity index (χ0v) is 11.5. The Bertz CT molecular complexity index is 289. The van der Waals surface area contributed by atoms with Crippen LogP contribution in [0.5, 0.6) is 0 Å². The van der Waals surface area contributed by atoms with Crippen LogP contribution in [0, 0.1) is 17.8 Å². The van der Waals surface area contributed by atoms with Gasteiger partial charge in [-0.3, -0.25) is 4.90 Å². The van der Waals surface area contributed by atoms with Crippen LogP contribution in [0.2, 0.25) is 0 Å². The molecular formula is C15H28N2. The number of hydrogen-bond donors (Lipinski definition) is 1. The fourth-order valence-electron chi connectivity index (χ4n) is 5.17. The number of nitrogens with zero attached hydrogens (tertiary/aromatic N) is 1. The minimum Gasteiger partial charge on any atom is -0.329 e. The van der Waals surface area contributed by atoms with Crippen LogP contribution in [0.3, 0.4) is 0 Å². The SMILES string of the molecule is CC(C)C1CCCN1C1(CN)CC2CCC1C2. The lowest BCUT2D eigenvalue weighted by molar-refractivity contribution is 0.0161. The first-order valence-corrected chi connectivity index (χ1v) is 7.64. The van der Waals surface area contributed by atoms with Crippen molar-refractivity contribution >= 4 is 0 Å². The van der Waals surface area contributed by atoms with Crippen LogP contribution in [0.1, 0.15) is 52.4 Å². The van der Waals surface area contributed by atoms with Crippen molar-refractivity contribution in [3.8, 4) is 0 Å². The molecule has 1 heterocycles. The second kappa shape index (κ2) is 4.24. The van der Waals surface area contributed by atoms with Crippen molar-refractivity contribution < 1.29 is 0 Å². The molecule has 4 unspecified atom stereocenters. The molecule has 4 atom stereocenters. The summed E-state index contributed by atoms with van der Waals surface area (Å²) < 4.78 is 0. The van der Waals surface area contributed by atoms with Crippen LogP contribution in [-0.4, -0.2) is 29.6 Å². The Morgan fingerprint density at radius 2 is 2.12 bits per heavy atom. The zero-order chi connectivity index (χ0) is 12.0. The molecule has 3 fully saturated rings. The Hall–Kier alpha value is -0.0800. The van der Waals surface area contributed by atoms with Crippen molar-refractivity contribution in [1.29, 1.82) is 0 Å². The minimum absolute atomic E-state index is 0.397. The third kappa shape index (κ3) is 1.67. The highest BCUT2D eigenvalue weighted by molar-refractivity contribution is 5.10. The van der Waals surface area contributed by atoms with Gasteiger partial charge in [0, 0.05) is 18.1 Å². The summed E-state index contributed by atoms with van der Waals surface area (Å²) in [5, 5.41) is 0. The normalized spacial score (nSPS) is 46.2. The van der Waals surface area contributed by atoms with Crippen molar-refractivity contribution in [2.75, 3.05) is 13.1 Å². The van der Waals surface area contributed by atoms with Crippen molar-refractivity contribution in [1.82, 2.24) is 4.90 Å². The Morgan fingerprint density at radius 1 is 1.29 bits per heavy atom. The molecule has 3 rings (SSSR count). The first kappa shape index (κ1) is 12.0. The number of fused-ring (bicyclic) bond motifs is 2. The van der Waals surface area contributed by atoms with E-state index in [2.05, 4.69) is 18.7 Å². The fourth-order valence-corrected chi connectivity index (χ4v) is 5.17. The Balaban J connectivity index is 1.85. The molecule has 2 bridgehead atoms. The van der Waals surface area contributed by atoms with Gasteiger partial charge < -0.3 is 5.73 Å². The maximum atomic E-state index is 6.26. The van der Waals surface area contributed by atoms with E-state index in [0.29, 0.717) is 5.54 Å². The molecular weight excluding hydrogens is 208 g/mol. The van der Waals surface area contributed by atoms with Crippen LogP contribution in [0.25, 0.3) is 0 Å². The van der Waals surface area contributed by atoms with Crippen LogP contribution in [0.15, 0.2) is 0 Å². The predicted molar refractivity (Wildman–Crippen MR) is 71.8 cm³/mol.